The van der Waals surface area contributed by atoms with Crippen molar-refractivity contribution in [1.29, 1.82) is 0 Å². The molecule has 3 fully saturated rings. The monoisotopic (exact) mass is 364 g/mol. The van der Waals surface area contributed by atoms with Crippen LogP contribution in [0.4, 0.5) is 0 Å². The Labute approximate surface area is 162 Å². The van der Waals surface area contributed by atoms with Crippen molar-refractivity contribution in [3.05, 3.63) is 0 Å². The van der Waals surface area contributed by atoms with Crippen LogP contribution in [0.3, 0.4) is 0 Å². The van der Waals surface area contributed by atoms with Crippen molar-refractivity contribution in [1.82, 2.24) is 0 Å². The third-order valence-corrected chi connectivity index (χ3v) is 9.11. The third-order valence-electron chi connectivity index (χ3n) is 9.11. The predicted octanol–water partition coefficient (Wildman–Crippen LogP) is 6.87. The van der Waals surface area contributed by atoms with Crippen LogP contribution >= 0.6 is 0 Å². The van der Waals surface area contributed by atoms with Crippen LogP contribution in [-0.4, -0.2) is 13.1 Å². The first kappa shape index (κ1) is 21.8. The highest BCUT2D eigenvalue weighted by molar-refractivity contribution is 5.77. The molecular formula is C24H44O2. The molecule has 0 aromatic rings. The Morgan fingerprint density at radius 2 is 1.54 bits per heavy atom. The summed E-state index contributed by atoms with van der Waals surface area (Å²) >= 11 is 0. The molecule has 0 N–H and O–H groups in total. The summed E-state index contributed by atoms with van der Waals surface area (Å²) in [5, 5.41) is 0. The summed E-state index contributed by atoms with van der Waals surface area (Å²) in [7, 11) is 1.50. The number of carbonyl (C=O) groups is 1. The van der Waals surface area contributed by atoms with E-state index in [2.05, 4.69) is 48.5 Å². The molecule has 0 aromatic carbocycles. The molecule has 2 heteroatoms. The first-order chi connectivity index (χ1) is 12.0. The molecule has 3 aliphatic carbocycles. The van der Waals surface area contributed by atoms with Gasteiger partial charge in [0.2, 0.25) is 0 Å². The molecule has 26 heavy (non-hydrogen) atoms. The average Bonchev–Trinajstić information content (AvgIpc) is 2.95. The van der Waals surface area contributed by atoms with Crippen molar-refractivity contribution in [2.75, 3.05) is 7.11 Å². The Bertz CT molecular complexity index is 484. The zero-order valence-electron chi connectivity index (χ0n) is 18.8. The fourth-order valence-corrected chi connectivity index (χ4v) is 6.68. The van der Waals surface area contributed by atoms with Gasteiger partial charge in [0.05, 0.1) is 12.5 Å². The summed E-state index contributed by atoms with van der Waals surface area (Å²) in [5.74, 6) is 3.29. The molecule has 0 amide bonds. The van der Waals surface area contributed by atoms with E-state index in [1.54, 1.807) is 0 Å². The Morgan fingerprint density at radius 3 is 1.85 bits per heavy atom. The number of hydrogen-bond donors (Lipinski definition) is 0. The Hall–Kier alpha value is -0.530. The first-order valence-electron chi connectivity index (χ1n) is 11.1. The molecule has 0 heterocycles. The van der Waals surface area contributed by atoms with Gasteiger partial charge < -0.3 is 4.74 Å². The van der Waals surface area contributed by atoms with Crippen LogP contribution in [0.25, 0.3) is 0 Å². The maximum atomic E-state index is 11.7. The number of ether oxygens (including phenoxy) is 1. The van der Waals surface area contributed by atoms with Crippen molar-refractivity contribution in [3.63, 3.8) is 0 Å². The minimum Gasteiger partial charge on any atom is -0.469 e. The van der Waals surface area contributed by atoms with Gasteiger partial charge in [0.15, 0.2) is 0 Å². The van der Waals surface area contributed by atoms with Crippen molar-refractivity contribution in [2.24, 2.45) is 39.9 Å². The van der Waals surface area contributed by atoms with Gasteiger partial charge in [-0.15, -0.1) is 0 Å². The maximum absolute atomic E-state index is 11.7. The van der Waals surface area contributed by atoms with Crippen LogP contribution < -0.4 is 0 Å². The SMILES string of the molecule is CC(C)C1CC2CCC1(C)C2(C)C.COC(=O)C1(C(C)C)CCCCC1. The molecule has 0 aliphatic heterocycles. The first-order valence-corrected chi connectivity index (χ1v) is 11.1. The van der Waals surface area contributed by atoms with Crippen LogP contribution in [-0.2, 0) is 9.53 Å². The van der Waals surface area contributed by atoms with E-state index in [1.807, 2.05) is 0 Å². The summed E-state index contributed by atoms with van der Waals surface area (Å²) in [6.45, 7) is 16.6. The van der Waals surface area contributed by atoms with E-state index in [9.17, 15) is 4.79 Å². The zero-order chi connectivity index (χ0) is 19.8. The van der Waals surface area contributed by atoms with E-state index < -0.39 is 0 Å². The van der Waals surface area contributed by atoms with E-state index in [0.29, 0.717) is 16.7 Å². The van der Waals surface area contributed by atoms with Gasteiger partial charge >= 0.3 is 5.97 Å². The molecule has 3 saturated carbocycles. The van der Waals surface area contributed by atoms with Gasteiger partial charge in [-0.25, -0.2) is 0 Å². The second kappa shape index (κ2) is 7.84. The molecule has 0 radical (unpaired) electrons. The lowest BCUT2D eigenvalue weighted by Gasteiger charge is -2.41. The molecule has 3 atom stereocenters. The number of methoxy groups -OCH3 is 1. The van der Waals surface area contributed by atoms with Crippen LogP contribution in [0.2, 0.25) is 0 Å². The maximum Gasteiger partial charge on any atom is 0.312 e. The minimum atomic E-state index is -0.174. The average molecular weight is 365 g/mol. The lowest BCUT2D eigenvalue weighted by Crippen LogP contribution is -2.39. The summed E-state index contributed by atoms with van der Waals surface area (Å²) in [4.78, 5) is 11.7. The van der Waals surface area contributed by atoms with E-state index in [1.165, 1.54) is 45.6 Å². The second-order valence-electron chi connectivity index (χ2n) is 10.8. The van der Waals surface area contributed by atoms with Crippen LogP contribution in [0.5, 0.6) is 0 Å². The van der Waals surface area contributed by atoms with Crippen LogP contribution in [0, 0.1) is 39.9 Å². The Balaban J connectivity index is 0.000000187. The quantitative estimate of drug-likeness (QED) is 0.511. The van der Waals surface area contributed by atoms with Crippen molar-refractivity contribution >= 4 is 5.97 Å². The molecule has 0 saturated heterocycles. The standard InChI is InChI=1S/C13H24.C11H20O2/c1-9(2)11-8-10-6-7-13(11,5)12(10,3)4;1-9(2)11(10(12)13-3)7-5-4-6-8-11/h9-11H,6-8H2,1-5H3;9H,4-8H2,1-3H3. The van der Waals surface area contributed by atoms with E-state index in [-0.39, 0.29) is 11.4 Å². The van der Waals surface area contributed by atoms with E-state index in [4.69, 9.17) is 4.74 Å². The highest BCUT2D eigenvalue weighted by atomic mass is 16.5. The molecule has 2 bridgehead atoms. The normalized spacial score (nSPS) is 34.5. The number of fused-ring (bicyclic) bond motifs is 2. The Morgan fingerprint density at radius 1 is 0.962 bits per heavy atom. The smallest absolute Gasteiger partial charge is 0.312 e. The molecule has 0 aromatic heterocycles. The van der Waals surface area contributed by atoms with Crippen molar-refractivity contribution in [2.45, 2.75) is 99.8 Å². The molecule has 3 unspecified atom stereocenters. The highest BCUT2D eigenvalue weighted by Gasteiger charge is 2.61. The van der Waals surface area contributed by atoms with E-state index >= 15 is 0 Å². The molecule has 152 valence electrons. The van der Waals surface area contributed by atoms with Gasteiger partial charge in [-0.05, 0) is 66.6 Å². The topological polar surface area (TPSA) is 26.3 Å². The van der Waals surface area contributed by atoms with Gasteiger partial charge in [-0.3, -0.25) is 4.79 Å². The van der Waals surface area contributed by atoms with E-state index in [0.717, 1.165) is 30.6 Å². The van der Waals surface area contributed by atoms with Gasteiger partial charge in [0.1, 0.15) is 0 Å². The molecule has 3 rings (SSSR count). The van der Waals surface area contributed by atoms with Gasteiger partial charge in [-0.2, -0.15) is 0 Å². The van der Waals surface area contributed by atoms with Crippen molar-refractivity contribution in [3.8, 4) is 0 Å². The number of rotatable bonds is 3. The zero-order valence-corrected chi connectivity index (χ0v) is 18.8. The Kier molecular flexibility index (Phi) is 6.56. The molecule has 2 nitrogen and oxygen atoms in total. The molecule has 3 aliphatic rings. The highest BCUT2D eigenvalue weighted by Crippen LogP contribution is 2.69. The number of carbonyl (C=O) groups excluding carboxylic acids is 1. The minimum absolute atomic E-state index is 0.00204. The van der Waals surface area contributed by atoms with Crippen LogP contribution in [0.15, 0.2) is 0 Å². The fraction of sp³-hybridized carbons (Fsp3) is 0.958. The summed E-state index contributed by atoms with van der Waals surface area (Å²) in [6, 6.07) is 0. The largest absolute Gasteiger partial charge is 0.469 e. The van der Waals surface area contributed by atoms with Gasteiger partial charge in [0.25, 0.3) is 0 Å². The summed E-state index contributed by atoms with van der Waals surface area (Å²) in [6.07, 6.45) is 10.1. The third kappa shape index (κ3) is 3.47. The second-order valence-corrected chi connectivity index (χ2v) is 10.8. The van der Waals surface area contributed by atoms with Crippen molar-refractivity contribution < 1.29 is 9.53 Å². The lowest BCUT2D eigenvalue weighted by atomic mass is 9.64. The van der Waals surface area contributed by atoms with Crippen LogP contribution in [0.1, 0.15) is 99.8 Å². The predicted molar refractivity (Wildman–Crippen MR) is 110 cm³/mol. The fourth-order valence-electron chi connectivity index (χ4n) is 6.68. The van der Waals surface area contributed by atoms with Gasteiger partial charge in [0, 0.05) is 0 Å². The molecule has 0 spiro atoms. The summed E-state index contributed by atoms with van der Waals surface area (Å²) in [5.41, 5.74) is 1.08. The lowest BCUT2D eigenvalue weighted by molar-refractivity contribution is -0.158. The number of hydrogen-bond acceptors (Lipinski definition) is 2. The number of esters is 1. The molecular weight excluding hydrogens is 320 g/mol. The summed E-state index contributed by atoms with van der Waals surface area (Å²) < 4.78 is 4.92. The van der Waals surface area contributed by atoms with Gasteiger partial charge in [-0.1, -0.05) is 67.7 Å².